The summed E-state index contributed by atoms with van der Waals surface area (Å²) < 4.78 is 0. The Kier molecular flexibility index (Phi) is 8.06. The third-order valence-electron chi connectivity index (χ3n) is 4.38. The van der Waals surface area contributed by atoms with Crippen LogP contribution in [-0.2, 0) is 4.79 Å². The lowest BCUT2D eigenvalue weighted by molar-refractivity contribution is -0.113. The molecule has 1 aromatic heterocycles. The van der Waals surface area contributed by atoms with Crippen molar-refractivity contribution in [3.8, 4) is 0 Å². The maximum atomic E-state index is 12.7. The summed E-state index contributed by atoms with van der Waals surface area (Å²) in [7, 11) is 0. The fourth-order valence-corrected chi connectivity index (χ4v) is 4.66. The van der Waals surface area contributed by atoms with Crippen LogP contribution in [0.5, 0.6) is 0 Å². The number of thioether (sulfide) groups is 1. The lowest BCUT2D eigenvalue weighted by Gasteiger charge is -2.05. The molecule has 6 nitrogen and oxygen atoms in total. The second kappa shape index (κ2) is 10.8. The number of halogens is 1. The van der Waals surface area contributed by atoms with E-state index >= 15 is 0 Å². The maximum Gasteiger partial charge on any atom is 0.281 e. The molecule has 2 N–H and O–H groups in total. The van der Waals surface area contributed by atoms with Crippen molar-refractivity contribution in [1.29, 1.82) is 0 Å². The minimum absolute atomic E-state index is 0.00841. The second-order valence-electron chi connectivity index (χ2n) is 7.29. The molecule has 32 heavy (non-hydrogen) atoms. The van der Waals surface area contributed by atoms with Gasteiger partial charge in [0.25, 0.3) is 11.8 Å². The maximum absolute atomic E-state index is 12.7. The molecule has 1 aromatic carbocycles. The molecule has 0 spiro atoms. The van der Waals surface area contributed by atoms with Crippen LogP contribution in [0.3, 0.4) is 0 Å². The molecular weight excluding hydrogens is 466 g/mol. The van der Waals surface area contributed by atoms with E-state index in [-0.39, 0.29) is 23.0 Å². The predicted octanol–water partition coefficient (Wildman–Crippen LogP) is 4.93. The first kappa shape index (κ1) is 24.0. The van der Waals surface area contributed by atoms with Crippen LogP contribution in [0.1, 0.15) is 45.7 Å². The zero-order valence-corrected chi connectivity index (χ0v) is 20.1. The molecule has 2 heterocycles. The highest BCUT2D eigenvalue weighted by Crippen LogP contribution is 2.29. The Bertz CT molecular complexity index is 1120. The Balaban J connectivity index is 1.58. The van der Waals surface area contributed by atoms with E-state index in [0.717, 1.165) is 16.9 Å². The highest BCUT2D eigenvalue weighted by atomic mass is 35.5. The fraction of sp³-hybridized carbons (Fsp3) is 0.217. The van der Waals surface area contributed by atoms with Gasteiger partial charge < -0.3 is 5.32 Å². The minimum atomic E-state index is -0.434. The molecular formula is C23H22ClN3O3S2. The molecule has 0 radical (unpaired) electrons. The fourth-order valence-electron chi connectivity index (χ4n) is 2.75. The molecule has 0 saturated carbocycles. The summed E-state index contributed by atoms with van der Waals surface area (Å²) in [5.74, 6) is -0.726. The van der Waals surface area contributed by atoms with Crippen molar-refractivity contribution in [2.75, 3.05) is 0 Å². The number of amides is 2. The van der Waals surface area contributed by atoms with Crippen molar-refractivity contribution in [2.45, 2.75) is 32.1 Å². The summed E-state index contributed by atoms with van der Waals surface area (Å²) in [6, 6.07) is 10.5. The van der Waals surface area contributed by atoms with Crippen LogP contribution >= 0.6 is 34.7 Å². The van der Waals surface area contributed by atoms with Crippen LogP contribution in [0.25, 0.3) is 6.08 Å². The Hall–Kier alpha value is -2.68. The van der Waals surface area contributed by atoms with Crippen LogP contribution in [0, 0.1) is 0 Å². The highest BCUT2D eigenvalue weighted by molar-refractivity contribution is 8.04. The molecule has 1 aliphatic heterocycles. The molecule has 9 heteroatoms. The Morgan fingerprint density at radius 2 is 1.75 bits per heavy atom. The molecule has 1 unspecified atom stereocenters. The number of hydrogen-bond acceptors (Lipinski definition) is 6. The topological polar surface area (TPSA) is 87.6 Å². The van der Waals surface area contributed by atoms with Gasteiger partial charge >= 0.3 is 0 Å². The average Bonchev–Trinajstić information content (AvgIpc) is 3.38. The Morgan fingerprint density at radius 1 is 1.09 bits per heavy atom. The summed E-state index contributed by atoms with van der Waals surface area (Å²) in [6.07, 6.45) is 3.71. The normalized spacial score (nSPS) is 16.5. The van der Waals surface area contributed by atoms with Crippen molar-refractivity contribution in [1.82, 2.24) is 10.7 Å². The van der Waals surface area contributed by atoms with E-state index in [0.29, 0.717) is 26.1 Å². The van der Waals surface area contributed by atoms with Gasteiger partial charge in [-0.15, -0.1) is 23.1 Å². The van der Waals surface area contributed by atoms with Crippen molar-refractivity contribution >= 4 is 64.1 Å². The van der Waals surface area contributed by atoms with Gasteiger partial charge in [0, 0.05) is 16.6 Å². The number of allylic oxidation sites excluding steroid dienone is 1. The number of hydrazone groups is 1. The zero-order valence-electron chi connectivity index (χ0n) is 17.7. The molecule has 3 rings (SSSR count). The van der Waals surface area contributed by atoms with E-state index in [1.807, 2.05) is 38.1 Å². The summed E-state index contributed by atoms with van der Waals surface area (Å²) in [4.78, 5) is 37.9. The lowest BCUT2D eigenvalue weighted by Crippen LogP contribution is -2.29. The first-order chi connectivity index (χ1) is 15.2. The van der Waals surface area contributed by atoms with Crippen LogP contribution in [0.4, 0.5) is 0 Å². The number of rotatable bonds is 7. The van der Waals surface area contributed by atoms with Gasteiger partial charge in [-0.2, -0.15) is 5.10 Å². The molecule has 1 atom stereocenters. The predicted molar refractivity (Wildman–Crippen MR) is 132 cm³/mol. The van der Waals surface area contributed by atoms with Crippen molar-refractivity contribution in [3.05, 3.63) is 73.8 Å². The number of ketones is 1. The molecule has 0 fully saturated rings. The van der Waals surface area contributed by atoms with Crippen LogP contribution in [-0.4, -0.2) is 34.6 Å². The van der Waals surface area contributed by atoms with E-state index in [1.165, 1.54) is 11.8 Å². The van der Waals surface area contributed by atoms with E-state index in [4.69, 9.17) is 11.6 Å². The first-order valence-corrected chi connectivity index (χ1v) is 12.0. The van der Waals surface area contributed by atoms with Crippen molar-refractivity contribution in [2.24, 2.45) is 5.10 Å². The number of nitrogens with one attached hydrogen (secondary N) is 2. The van der Waals surface area contributed by atoms with E-state index in [9.17, 15) is 14.4 Å². The summed E-state index contributed by atoms with van der Waals surface area (Å²) in [6.45, 7) is 5.41. The standard InChI is InChI=1S/C23H22ClN3O3S2/c1-13(2)25-22(29)19-10-11-20(32-19)23(30)27-26-14(3)17-12-31-18(21(17)28)9-6-15-4-7-16(24)8-5-15/h4-13,18H,1-3H3,(H,25,29)(H,27,30)/b9-6+,26-14+. The zero-order chi connectivity index (χ0) is 23.3. The van der Waals surface area contributed by atoms with E-state index < -0.39 is 5.91 Å². The van der Waals surface area contributed by atoms with E-state index in [1.54, 1.807) is 36.6 Å². The van der Waals surface area contributed by atoms with Crippen LogP contribution in [0.15, 0.2) is 58.6 Å². The minimum Gasteiger partial charge on any atom is -0.349 e. The van der Waals surface area contributed by atoms with Gasteiger partial charge in [0.05, 0.1) is 20.7 Å². The third-order valence-corrected chi connectivity index (χ3v) is 6.75. The van der Waals surface area contributed by atoms with Crippen LogP contribution in [0.2, 0.25) is 5.02 Å². The van der Waals surface area contributed by atoms with Gasteiger partial charge in [0.1, 0.15) is 0 Å². The monoisotopic (exact) mass is 487 g/mol. The number of benzene rings is 1. The first-order valence-electron chi connectivity index (χ1n) is 9.84. The number of hydrogen-bond donors (Lipinski definition) is 2. The Morgan fingerprint density at radius 3 is 2.41 bits per heavy atom. The highest BCUT2D eigenvalue weighted by Gasteiger charge is 2.27. The SMILES string of the molecule is C/C(=N\NC(=O)c1ccc(C(=O)NC(C)C)s1)C1=CSC(/C=C/c2ccc(Cl)cc2)C1=O. The van der Waals surface area contributed by atoms with Gasteiger partial charge in [0.2, 0.25) is 0 Å². The number of nitrogens with zero attached hydrogens (tertiary/aromatic N) is 1. The summed E-state index contributed by atoms with van der Waals surface area (Å²) in [5, 5.41) is 8.93. The number of carbonyl (C=O) groups excluding carboxylic acids is 3. The van der Waals surface area contributed by atoms with Gasteiger partial charge in [-0.05, 0) is 56.0 Å². The molecule has 0 aliphatic carbocycles. The molecule has 2 aromatic rings. The average molecular weight is 488 g/mol. The number of thiophene rings is 1. The van der Waals surface area contributed by atoms with Gasteiger partial charge in [-0.25, -0.2) is 5.43 Å². The van der Waals surface area contributed by atoms with E-state index in [2.05, 4.69) is 15.8 Å². The molecule has 0 bridgehead atoms. The smallest absolute Gasteiger partial charge is 0.281 e. The largest absolute Gasteiger partial charge is 0.349 e. The van der Waals surface area contributed by atoms with Gasteiger partial charge in [-0.1, -0.05) is 35.9 Å². The second-order valence-corrected chi connectivity index (χ2v) is 9.83. The van der Waals surface area contributed by atoms with Crippen molar-refractivity contribution in [3.63, 3.8) is 0 Å². The lowest BCUT2D eigenvalue weighted by atomic mass is 10.1. The third kappa shape index (κ3) is 6.18. The molecule has 166 valence electrons. The van der Waals surface area contributed by atoms with Crippen LogP contribution < -0.4 is 10.7 Å². The quantitative estimate of drug-likeness (QED) is 0.428. The number of Topliss-reactive ketones (excluding diaryl/α,β-unsaturated/α-hetero) is 1. The molecule has 0 saturated heterocycles. The van der Waals surface area contributed by atoms with Gasteiger partial charge in [0.15, 0.2) is 5.78 Å². The van der Waals surface area contributed by atoms with Gasteiger partial charge in [-0.3, -0.25) is 14.4 Å². The summed E-state index contributed by atoms with van der Waals surface area (Å²) in [5.41, 5.74) is 4.30. The molecule has 2 amide bonds. The molecule has 1 aliphatic rings. The van der Waals surface area contributed by atoms with Crippen molar-refractivity contribution < 1.29 is 14.4 Å². The Labute approximate surface area is 199 Å². The number of carbonyl (C=O) groups is 3. The summed E-state index contributed by atoms with van der Waals surface area (Å²) >= 11 is 8.36.